The van der Waals surface area contributed by atoms with Gasteiger partial charge in [0.1, 0.15) is 5.75 Å². The lowest BCUT2D eigenvalue weighted by Gasteiger charge is -2.05. The summed E-state index contributed by atoms with van der Waals surface area (Å²) < 4.78 is 6.28. The van der Waals surface area contributed by atoms with Crippen molar-refractivity contribution in [3.8, 4) is 11.4 Å². The Bertz CT molecular complexity index is 831. The molecule has 0 amide bonds. The van der Waals surface area contributed by atoms with Crippen LogP contribution in [-0.2, 0) is 10.5 Å². The number of carbonyl (C=O) groups is 1. The number of methoxy groups -OCH3 is 1. The molecule has 0 bridgehead atoms. The van der Waals surface area contributed by atoms with Crippen LogP contribution in [0, 0.1) is 0 Å². The minimum atomic E-state index is -0.356. The van der Waals surface area contributed by atoms with Gasteiger partial charge in [-0.1, -0.05) is 23.9 Å². The number of phenols is 1. The molecular formula is C16H14N4O3S. The molecule has 24 heavy (non-hydrogen) atoms. The molecule has 0 spiro atoms. The van der Waals surface area contributed by atoms with E-state index in [4.69, 9.17) is 0 Å². The highest BCUT2D eigenvalue weighted by molar-refractivity contribution is 7.98. The molecular weight excluding hydrogens is 328 g/mol. The Balaban J connectivity index is 1.70. The van der Waals surface area contributed by atoms with Gasteiger partial charge in [-0.15, -0.1) is 5.10 Å². The molecule has 0 radical (unpaired) electrons. The predicted octanol–water partition coefficient (Wildman–Crippen LogP) is 2.45. The maximum absolute atomic E-state index is 11.4. The van der Waals surface area contributed by atoms with Crippen molar-refractivity contribution in [1.82, 2.24) is 20.2 Å². The number of tetrazole rings is 1. The summed E-state index contributed by atoms with van der Waals surface area (Å²) in [6, 6.07) is 13.8. The summed E-state index contributed by atoms with van der Waals surface area (Å²) in [6.45, 7) is 0. The number of ether oxygens (including phenoxy) is 1. The first-order chi connectivity index (χ1) is 11.7. The lowest BCUT2D eigenvalue weighted by molar-refractivity contribution is 0.0600. The zero-order valence-electron chi connectivity index (χ0n) is 12.8. The number of thioether (sulfide) groups is 1. The van der Waals surface area contributed by atoms with Gasteiger partial charge in [0.2, 0.25) is 5.16 Å². The van der Waals surface area contributed by atoms with E-state index >= 15 is 0 Å². The van der Waals surface area contributed by atoms with Gasteiger partial charge in [-0.05, 0) is 52.4 Å². The summed E-state index contributed by atoms with van der Waals surface area (Å²) in [5.41, 5.74) is 2.31. The highest BCUT2D eigenvalue weighted by atomic mass is 32.2. The normalized spacial score (nSPS) is 10.5. The number of rotatable bonds is 5. The molecule has 7 nitrogen and oxygen atoms in total. The fourth-order valence-electron chi connectivity index (χ4n) is 2.03. The summed E-state index contributed by atoms with van der Waals surface area (Å²) in [5.74, 6) is 0.483. The van der Waals surface area contributed by atoms with Gasteiger partial charge in [0.25, 0.3) is 0 Å². The number of benzene rings is 2. The topological polar surface area (TPSA) is 90.1 Å². The number of carbonyl (C=O) groups excluding carboxylic acids is 1. The quantitative estimate of drug-likeness (QED) is 0.562. The van der Waals surface area contributed by atoms with Crippen LogP contribution in [0.1, 0.15) is 15.9 Å². The van der Waals surface area contributed by atoms with E-state index in [1.165, 1.54) is 18.9 Å². The van der Waals surface area contributed by atoms with E-state index in [0.717, 1.165) is 11.3 Å². The van der Waals surface area contributed by atoms with Gasteiger partial charge in [0, 0.05) is 5.75 Å². The molecule has 122 valence electrons. The van der Waals surface area contributed by atoms with Gasteiger partial charge >= 0.3 is 5.97 Å². The lowest BCUT2D eigenvalue weighted by atomic mass is 10.1. The van der Waals surface area contributed by atoms with Gasteiger partial charge in [0.15, 0.2) is 0 Å². The van der Waals surface area contributed by atoms with E-state index in [0.29, 0.717) is 16.5 Å². The third kappa shape index (κ3) is 3.54. The van der Waals surface area contributed by atoms with Crippen molar-refractivity contribution in [2.75, 3.05) is 7.11 Å². The highest BCUT2D eigenvalue weighted by Crippen LogP contribution is 2.23. The van der Waals surface area contributed by atoms with Crippen LogP contribution >= 0.6 is 11.8 Å². The van der Waals surface area contributed by atoms with Crippen LogP contribution < -0.4 is 0 Å². The molecule has 0 aliphatic rings. The first-order valence-electron chi connectivity index (χ1n) is 7.05. The summed E-state index contributed by atoms with van der Waals surface area (Å²) in [7, 11) is 1.36. The molecule has 8 heteroatoms. The van der Waals surface area contributed by atoms with Crippen molar-refractivity contribution in [3.63, 3.8) is 0 Å². The number of esters is 1. The van der Waals surface area contributed by atoms with Gasteiger partial charge in [-0.3, -0.25) is 0 Å². The Morgan fingerprint density at radius 3 is 2.54 bits per heavy atom. The van der Waals surface area contributed by atoms with E-state index in [2.05, 4.69) is 20.3 Å². The van der Waals surface area contributed by atoms with E-state index < -0.39 is 0 Å². The lowest BCUT2D eigenvalue weighted by Crippen LogP contribution is -2.01. The number of hydrogen-bond donors (Lipinski definition) is 1. The number of aromatic nitrogens is 4. The van der Waals surface area contributed by atoms with Crippen molar-refractivity contribution < 1.29 is 14.6 Å². The average Bonchev–Trinajstić information content (AvgIpc) is 3.09. The molecule has 3 rings (SSSR count). The second-order valence-electron chi connectivity index (χ2n) is 4.87. The fraction of sp³-hybridized carbons (Fsp3) is 0.125. The van der Waals surface area contributed by atoms with Crippen molar-refractivity contribution in [1.29, 1.82) is 0 Å². The Labute approximate surface area is 142 Å². The third-order valence-corrected chi connectivity index (χ3v) is 4.27. The molecule has 0 aliphatic carbocycles. The molecule has 0 saturated carbocycles. The SMILES string of the molecule is COC(=O)c1ccc(CSc2nnnn2-c2ccc(O)cc2)cc1. The van der Waals surface area contributed by atoms with Crippen LogP contribution in [0.3, 0.4) is 0 Å². The molecule has 2 aromatic carbocycles. The maximum Gasteiger partial charge on any atom is 0.337 e. The van der Waals surface area contributed by atoms with Crippen LogP contribution in [0.5, 0.6) is 5.75 Å². The molecule has 0 saturated heterocycles. The summed E-state index contributed by atoms with van der Waals surface area (Å²) in [6.07, 6.45) is 0. The first kappa shape index (κ1) is 16.0. The largest absolute Gasteiger partial charge is 0.508 e. The van der Waals surface area contributed by atoms with E-state index in [-0.39, 0.29) is 11.7 Å². The van der Waals surface area contributed by atoms with Crippen LogP contribution in [0.25, 0.3) is 5.69 Å². The van der Waals surface area contributed by atoms with E-state index in [9.17, 15) is 9.90 Å². The number of hydrogen-bond acceptors (Lipinski definition) is 7. The second-order valence-corrected chi connectivity index (χ2v) is 5.81. The van der Waals surface area contributed by atoms with Crippen molar-refractivity contribution in [3.05, 3.63) is 59.7 Å². The van der Waals surface area contributed by atoms with Gasteiger partial charge in [0.05, 0.1) is 18.4 Å². The fourth-order valence-corrected chi connectivity index (χ4v) is 2.87. The van der Waals surface area contributed by atoms with Crippen LogP contribution in [0.2, 0.25) is 0 Å². The zero-order valence-corrected chi connectivity index (χ0v) is 13.6. The molecule has 0 unspecified atom stereocenters. The monoisotopic (exact) mass is 342 g/mol. The molecule has 1 aromatic heterocycles. The Kier molecular flexibility index (Phi) is 4.76. The Morgan fingerprint density at radius 1 is 1.17 bits per heavy atom. The first-order valence-corrected chi connectivity index (χ1v) is 8.04. The number of nitrogens with zero attached hydrogens (tertiary/aromatic N) is 4. The Hall–Kier alpha value is -2.87. The number of aromatic hydroxyl groups is 1. The smallest absolute Gasteiger partial charge is 0.337 e. The molecule has 1 N–H and O–H groups in total. The molecule has 0 fully saturated rings. The number of phenolic OH excluding ortho intramolecular Hbond substituents is 1. The summed E-state index contributed by atoms with van der Waals surface area (Å²) in [5, 5.41) is 21.7. The average molecular weight is 342 g/mol. The Morgan fingerprint density at radius 2 is 1.88 bits per heavy atom. The van der Waals surface area contributed by atoms with Crippen molar-refractivity contribution in [2.24, 2.45) is 0 Å². The second kappa shape index (κ2) is 7.14. The van der Waals surface area contributed by atoms with Crippen LogP contribution in [-0.4, -0.2) is 38.4 Å². The van der Waals surface area contributed by atoms with Crippen LogP contribution in [0.15, 0.2) is 53.7 Å². The highest BCUT2D eigenvalue weighted by Gasteiger charge is 2.10. The zero-order chi connectivity index (χ0) is 16.9. The maximum atomic E-state index is 11.4. The van der Waals surface area contributed by atoms with Gasteiger partial charge in [-0.25, -0.2) is 4.79 Å². The summed E-state index contributed by atoms with van der Waals surface area (Å²) >= 11 is 1.47. The minimum Gasteiger partial charge on any atom is -0.508 e. The molecule has 3 aromatic rings. The van der Waals surface area contributed by atoms with Crippen LogP contribution in [0.4, 0.5) is 0 Å². The standard InChI is InChI=1S/C16H14N4O3S/c1-23-15(22)12-4-2-11(3-5-12)10-24-16-17-18-19-20(16)13-6-8-14(21)9-7-13/h2-9,21H,10H2,1H3. The van der Waals surface area contributed by atoms with Crippen molar-refractivity contribution >= 4 is 17.7 Å². The summed E-state index contributed by atoms with van der Waals surface area (Å²) in [4.78, 5) is 11.4. The van der Waals surface area contributed by atoms with E-state index in [1.807, 2.05) is 12.1 Å². The van der Waals surface area contributed by atoms with Gasteiger partial charge in [-0.2, -0.15) is 4.68 Å². The third-order valence-electron chi connectivity index (χ3n) is 3.28. The predicted molar refractivity (Wildman–Crippen MR) is 88.2 cm³/mol. The van der Waals surface area contributed by atoms with E-state index in [1.54, 1.807) is 41.1 Å². The molecule has 1 heterocycles. The van der Waals surface area contributed by atoms with Gasteiger partial charge < -0.3 is 9.84 Å². The molecule has 0 aliphatic heterocycles. The van der Waals surface area contributed by atoms with Crippen molar-refractivity contribution in [2.45, 2.75) is 10.9 Å². The molecule has 0 atom stereocenters. The minimum absolute atomic E-state index is 0.187.